The van der Waals surface area contributed by atoms with Crippen LogP contribution in [-0.4, -0.2) is 60.8 Å². The van der Waals surface area contributed by atoms with Crippen molar-refractivity contribution in [3.63, 3.8) is 0 Å². The van der Waals surface area contributed by atoms with Crippen LogP contribution >= 0.6 is 71.4 Å². The second-order valence-corrected chi connectivity index (χ2v) is 22.4. The van der Waals surface area contributed by atoms with Crippen LogP contribution in [0.1, 0.15) is 128 Å². The van der Waals surface area contributed by atoms with Crippen molar-refractivity contribution in [1.82, 2.24) is 27.3 Å². The van der Waals surface area contributed by atoms with Crippen LogP contribution in [0.3, 0.4) is 0 Å². The highest BCUT2D eigenvalue weighted by Crippen LogP contribution is 2.58. The number of thiocarbonyl (C=S) groups is 2. The summed E-state index contributed by atoms with van der Waals surface area (Å²) in [5, 5.41) is 0. The van der Waals surface area contributed by atoms with Crippen LogP contribution in [0.4, 0.5) is 0 Å². The minimum absolute atomic E-state index is 0.0585. The van der Waals surface area contributed by atoms with Gasteiger partial charge in [0.25, 0.3) is 11.8 Å². The molecular weight excluding hydrogens is 945 g/mol. The van der Waals surface area contributed by atoms with Gasteiger partial charge in [-0.1, -0.05) is 176 Å². The van der Waals surface area contributed by atoms with Crippen LogP contribution in [-0.2, 0) is 15.0 Å². The molecule has 1 aliphatic carbocycles. The van der Waals surface area contributed by atoms with Gasteiger partial charge in [0, 0.05) is 40.8 Å². The Labute approximate surface area is 422 Å². The summed E-state index contributed by atoms with van der Waals surface area (Å²) in [6, 6.07) is 22.7. The second kappa shape index (κ2) is 20.4. The van der Waals surface area contributed by atoms with E-state index in [0.717, 1.165) is 81.1 Å². The maximum atomic E-state index is 13.2. The molecule has 0 N–H and O–H groups in total. The summed E-state index contributed by atoms with van der Waals surface area (Å²) in [6.45, 7) is 14.4. The first kappa shape index (κ1) is 47.9. The Morgan fingerprint density at radius 3 is 1.34 bits per heavy atom. The van der Waals surface area contributed by atoms with Crippen molar-refractivity contribution in [2.24, 2.45) is 11.8 Å². The highest BCUT2D eigenvalue weighted by molar-refractivity contribution is 8.27. The number of carbonyl (C=O) groups is 2. The lowest BCUT2D eigenvalue weighted by Gasteiger charge is -2.39. The molecule has 67 heavy (non-hydrogen) atoms. The maximum Gasteiger partial charge on any atom is 0.266 e. The van der Waals surface area contributed by atoms with E-state index >= 15 is 0 Å². The van der Waals surface area contributed by atoms with Crippen molar-refractivity contribution < 1.29 is 9.59 Å². The number of aromatic nitrogens is 4. The van der Waals surface area contributed by atoms with E-state index in [1.807, 2.05) is 26.0 Å². The summed E-state index contributed by atoms with van der Waals surface area (Å²) in [5.41, 5.74) is 14.6. The van der Waals surface area contributed by atoms with E-state index < -0.39 is 0 Å². The Bertz CT molecular complexity index is 2790. The number of hydrogen-bond acceptors (Lipinski definition) is 12. The van der Waals surface area contributed by atoms with Gasteiger partial charge in [0.15, 0.2) is 0 Å². The summed E-state index contributed by atoms with van der Waals surface area (Å²) in [5.74, 6) is 0.992. The van der Waals surface area contributed by atoms with Crippen LogP contribution in [0.15, 0.2) is 70.5 Å². The third-order valence-electron chi connectivity index (χ3n) is 14.2. The Morgan fingerprint density at radius 2 is 0.970 bits per heavy atom. The molecule has 2 atom stereocenters. The smallest absolute Gasteiger partial charge is 0.266 e. The molecule has 9 rings (SSSR count). The standard InChI is InChI=1S/C53H56N6O2S6/c1-7-13-15-31(9-3)29-53(30-32(10-4)16-14-8-2)41-25-33(37-21-19-35(45-47(37)56-66-54-45)27-43-49(60)58(11-5)51(62)64-43)17-23-39(41)40-24-18-34(26-42(40)53)38-22-20-36(46-48(38)57-67-55-46)28-44-50(61)59(12-6)52(63)65-44/h17-28,31-32H,7-16,29-30H2,1-6H3/b43-27-,44-28+. The molecule has 4 aromatic carbocycles. The molecule has 0 spiro atoms. The van der Waals surface area contributed by atoms with Crippen molar-refractivity contribution in [1.29, 1.82) is 0 Å². The molecule has 4 heterocycles. The molecule has 2 amide bonds. The number of fused-ring (bicyclic) bond motifs is 5. The van der Waals surface area contributed by atoms with Crippen LogP contribution < -0.4 is 0 Å². The average molecular weight is 1000 g/mol. The van der Waals surface area contributed by atoms with Crippen molar-refractivity contribution in [3.8, 4) is 33.4 Å². The third kappa shape index (κ3) is 8.88. The number of thioether (sulfide) groups is 2. The summed E-state index contributed by atoms with van der Waals surface area (Å²) < 4.78 is 20.6. The van der Waals surface area contributed by atoms with E-state index in [9.17, 15) is 9.59 Å². The van der Waals surface area contributed by atoms with Gasteiger partial charge < -0.3 is 0 Å². The first-order valence-electron chi connectivity index (χ1n) is 23.9. The molecule has 2 aromatic heterocycles. The highest BCUT2D eigenvalue weighted by atomic mass is 32.2. The predicted octanol–water partition coefficient (Wildman–Crippen LogP) is 15.0. The number of hydrogen-bond donors (Lipinski definition) is 0. The molecule has 2 aliphatic heterocycles. The number of carbonyl (C=O) groups excluding carboxylic acids is 2. The molecule has 6 aromatic rings. The Morgan fingerprint density at radius 1 is 0.567 bits per heavy atom. The third-order valence-corrected chi connectivity index (χ3v) is 18.0. The van der Waals surface area contributed by atoms with Gasteiger partial charge in [0.1, 0.15) is 30.7 Å². The fourth-order valence-corrected chi connectivity index (χ4v) is 14.4. The lowest BCUT2D eigenvalue weighted by Crippen LogP contribution is -2.31. The van der Waals surface area contributed by atoms with Crippen LogP contribution in [0.5, 0.6) is 0 Å². The van der Waals surface area contributed by atoms with Gasteiger partial charge in [-0.15, -0.1) is 0 Å². The van der Waals surface area contributed by atoms with Gasteiger partial charge in [-0.05, 0) is 96.2 Å². The van der Waals surface area contributed by atoms with Crippen molar-refractivity contribution in [3.05, 3.63) is 92.7 Å². The Kier molecular flexibility index (Phi) is 14.6. The number of rotatable bonds is 18. The zero-order valence-electron chi connectivity index (χ0n) is 39.0. The lowest BCUT2D eigenvalue weighted by molar-refractivity contribution is -0.122. The number of likely N-dealkylation sites (N-methyl/N-ethyl adjacent to an activating group) is 2. The molecule has 2 saturated heterocycles. The first-order chi connectivity index (χ1) is 32.6. The number of unbranched alkanes of at least 4 members (excludes halogenated alkanes) is 2. The summed E-state index contributed by atoms with van der Waals surface area (Å²) in [6.07, 6.45) is 15.5. The monoisotopic (exact) mass is 1000 g/mol. The SMILES string of the molecule is CCCCC(CC)CC1(CC(CC)CCCC)c2cc(-c3ccc(/C=C4\SC(=S)N(CC)C4=O)c4nsnc34)ccc2-c2ccc(-c3ccc(/C=C4/SC(=S)N(CC)C4=O)c4nsnc34)cc21. The molecule has 0 bridgehead atoms. The molecule has 0 saturated carbocycles. The van der Waals surface area contributed by atoms with Crippen molar-refractivity contribution >= 4 is 126 Å². The molecular formula is C53H56N6O2S6. The largest absolute Gasteiger partial charge is 0.293 e. The van der Waals surface area contributed by atoms with Crippen molar-refractivity contribution in [2.75, 3.05) is 13.1 Å². The fraction of sp³-hybridized carbons (Fsp3) is 0.396. The molecule has 8 nitrogen and oxygen atoms in total. The number of benzene rings is 4. The Balaban J connectivity index is 1.19. The summed E-state index contributed by atoms with van der Waals surface area (Å²) >= 11 is 16.2. The van der Waals surface area contributed by atoms with E-state index in [1.165, 1.54) is 108 Å². The zero-order chi connectivity index (χ0) is 47.0. The quantitative estimate of drug-likeness (QED) is 0.0612. The lowest BCUT2D eigenvalue weighted by atomic mass is 9.64. The molecule has 2 fully saturated rings. The predicted molar refractivity (Wildman–Crippen MR) is 292 cm³/mol. The van der Waals surface area contributed by atoms with E-state index in [-0.39, 0.29) is 17.2 Å². The van der Waals surface area contributed by atoms with Gasteiger partial charge in [0.05, 0.1) is 33.3 Å². The molecule has 346 valence electrons. The Hall–Kier alpha value is -4.18. The van der Waals surface area contributed by atoms with E-state index in [1.54, 1.807) is 9.80 Å². The molecule has 3 aliphatic rings. The second-order valence-electron chi connectivity index (χ2n) is 18.0. The van der Waals surface area contributed by atoms with Crippen LogP contribution in [0.25, 0.3) is 67.6 Å². The fourth-order valence-electron chi connectivity index (χ4n) is 10.5. The topological polar surface area (TPSA) is 92.2 Å². The first-order valence-corrected chi connectivity index (χ1v) is 27.8. The zero-order valence-corrected chi connectivity index (χ0v) is 43.9. The normalized spacial score (nSPS) is 19.3. The molecule has 14 heteroatoms. The average Bonchev–Trinajstić information content (AvgIpc) is 4.18. The minimum atomic E-state index is -0.236. The van der Waals surface area contributed by atoms with E-state index in [4.69, 9.17) is 41.9 Å². The number of nitrogens with zero attached hydrogens (tertiary/aromatic N) is 6. The van der Waals surface area contributed by atoms with Crippen LogP contribution in [0.2, 0.25) is 0 Å². The minimum Gasteiger partial charge on any atom is -0.293 e. The van der Waals surface area contributed by atoms with Gasteiger partial charge >= 0.3 is 0 Å². The van der Waals surface area contributed by atoms with Gasteiger partial charge in [-0.25, -0.2) is 0 Å². The van der Waals surface area contributed by atoms with Crippen molar-refractivity contribution in [2.45, 2.75) is 111 Å². The summed E-state index contributed by atoms with van der Waals surface area (Å²) in [4.78, 5) is 31.0. The van der Waals surface area contributed by atoms with E-state index in [0.29, 0.717) is 43.4 Å². The number of amides is 2. The molecule has 0 radical (unpaired) electrons. The van der Waals surface area contributed by atoms with Crippen LogP contribution in [0, 0.1) is 11.8 Å². The highest BCUT2D eigenvalue weighted by Gasteiger charge is 2.46. The summed E-state index contributed by atoms with van der Waals surface area (Å²) in [7, 11) is 0. The van der Waals surface area contributed by atoms with Gasteiger partial charge in [0.2, 0.25) is 0 Å². The maximum absolute atomic E-state index is 13.2. The van der Waals surface area contributed by atoms with Gasteiger partial charge in [-0.3, -0.25) is 19.4 Å². The van der Waals surface area contributed by atoms with Gasteiger partial charge in [-0.2, -0.15) is 17.5 Å². The van der Waals surface area contributed by atoms with E-state index in [2.05, 4.69) is 88.4 Å². The molecule has 2 unspecified atom stereocenters.